The number of aliphatic hydroxyl groups is 2. The van der Waals surface area contributed by atoms with Gasteiger partial charge in [0.2, 0.25) is 0 Å². The van der Waals surface area contributed by atoms with Crippen LogP contribution >= 0.6 is 23.2 Å². The summed E-state index contributed by atoms with van der Waals surface area (Å²) in [5.74, 6) is 0. The second kappa shape index (κ2) is 11.6. The van der Waals surface area contributed by atoms with Gasteiger partial charge in [-0.3, -0.25) is 0 Å². The molecule has 0 spiro atoms. The number of hydrogen-bond donors (Lipinski definition) is 2. The van der Waals surface area contributed by atoms with Crippen molar-refractivity contribution >= 4 is 23.2 Å². The van der Waals surface area contributed by atoms with E-state index in [1.54, 1.807) is 6.07 Å². The van der Waals surface area contributed by atoms with Gasteiger partial charge < -0.3 is 10.2 Å². The molecule has 2 N–H and O–H groups in total. The molecule has 0 aliphatic rings. The minimum Gasteiger partial charge on any atom is -0.388 e. The molecule has 4 heteroatoms. The van der Waals surface area contributed by atoms with Crippen LogP contribution in [0.3, 0.4) is 0 Å². The molecule has 0 amide bonds. The molecule has 2 unspecified atom stereocenters. The second-order valence-corrected chi connectivity index (χ2v) is 7.94. The maximum atomic E-state index is 11.1. The van der Waals surface area contributed by atoms with Crippen molar-refractivity contribution in [1.29, 1.82) is 0 Å². The number of allylic oxidation sites excluding steroid dienone is 1. The number of aliphatic hydroxyl groups excluding tert-OH is 2. The Hall–Kier alpha value is -1.32. The van der Waals surface area contributed by atoms with Crippen LogP contribution in [0.5, 0.6) is 0 Å². The zero-order valence-electron chi connectivity index (χ0n) is 16.7. The summed E-state index contributed by atoms with van der Waals surface area (Å²) in [4.78, 5) is 0. The van der Waals surface area contributed by atoms with E-state index in [-0.39, 0.29) is 0 Å². The second-order valence-electron chi connectivity index (χ2n) is 7.13. The third-order valence-electron chi connectivity index (χ3n) is 5.04. The lowest BCUT2D eigenvalue weighted by Gasteiger charge is -2.22. The highest BCUT2D eigenvalue weighted by atomic mass is 35.5. The van der Waals surface area contributed by atoms with Crippen LogP contribution in [0, 0.1) is 0 Å². The smallest absolute Gasteiger partial charge is 0.102 e. The van der Waals surface area contributed by atoms with Crippen LogP contribution in [0.4, 0.5) is 0 Å². The molecule has 0 bridgehead atoms. The van der Waals surface area contributed by atoms with Gasteiger partial charge in [-0.25, -0.2) is 0 Å². The molecule has 0 saturated heterocycles. The van der Waals surface area contributed by atoms with Crippen molar-refractivity contribution in [3.8, 4) is 0 Å². The van der Waals surface area contributed by atoms with Crippen molar-refractivity contribution in [3.63, 3.8) is 0 Å². The van der Waals surface area contributed by atoms with Crippen LogP contribution < -0.4 is 0 Å². The van der Waals surface area contributed by atoms with Gasteiger partial charge in [0.05, 0.1) is 6.10 Å². The average molecular weight is 421 g/mol. The van der Waals surface area contributed by atoms with Gasteiger partial charge in [0.15, 0.2) is 0 Å². The average Bonchev–Trinajstić information content (AvgIpc) is 2.69. The van der Waals surface area contributed by atoms with Gasteiger partial charge in [-0.05, 0) is 49.0 Å². The van der Waals surface area contributed by atoms with Gasteiger partial charge in [-0.1, -0.05) is 91.9 Å². The molecular formula is C24H30Cl2O2. The largest absolute Gasteiger partial charge is 0.388 e. The summed E-state index contributed by atoms with van der Waals surface area (Å²) in [6, 6.07) is 14.9. The third kappa shape index (κ3) is 6.09. The lowest BCUT2D eigenvalue weighted by Crippen LogP contribution is -2.08. The van der Waals surface area contributed by atoms with Gasteiger partial charge in [0.1, 0.15) is 6.10 Å². The minimum atomic E-state index is -0.715. The summed E-state index contributed by atoms with van der Waals surface area (Å²) in [6.45, 7) is 4.25. The summed E-state index contributed by atoms with van der Waals surface area (Å²) >= 11 is 12.6. The van der Waals surface area contributed by atoms with Crippen LogP contribution in [0.1, 0.15) is 75.7 Å². The van der Waals surface area contributed by atoms with Crippen LogP contribution in [0.2, 0.25) is 10.0 Å². The Morgan fingerprint density at radius 3 is 1.86 bits per heavy atom. The maximum absolute atomic E-state index is 11.1. The van der Waals surface area contributed by atoms with E-state index in [4.69, 9.17) is 23.2 Å². The third-order valence-corrected chi connectivity index (χ3v) is 5.73. The molecule has 152 valence electrons. The summed E-state index contributed by atoms with van der Waals surface area (Å²) in [7, 11) is 0. The molecule has 2 atom stereocenters. The Labute approximate surface area is 178 Å². The zero-order valence-corrected chi connectivity index (χ0v) is 18.2. The van der Waals surface area contributed by atoms with E-state index in [1.165, 1.54) is 5.57 Å². The van der Waals surface area contributed by atoms with Crippen molar-refractivity contribution < 1.29 is 10.2 Å². The molecule has 2 aromatic rings. The molecule has 0 fully saturated rings. The fourth-order valence-electron chi connectivity index (χ4n) is 3.62. The van der Waals surface area contributed by atoms with Gasteiger partial charge in [0.25, 0.3) is 0 Å². The van der Waals surface area contributed by atoms with E-state index in [2.05, 4.69) is 13.8 Å². The van der Waals surface area contributed by atoms with E-state index >= 15 is 0 Å². The molecule has 0 aliphatic carbocycles. The normalized spacial score (nSPS) is 14.5. The van der Waals surface area contributed by atoms with E-state index in [0.29, 0.717) is 16.5 Å². The highest BCUT2D eigenvalue weighted by Crippen LogP contribution is 2.36. The molecule has 0 aromatic heterocycles. The number of rotatable bonds is 10. The predicted molar refractivity (Wildman–Crippen MR) is 119 cm³/mol. The van der Waals surface area contributed by atoms with E-state index in [0.717, 1.165) is 48.8 Å². The first kappa shape index (κ1) is 23.0. The summed E-state index contributed by atoms with van der Waals surface area (Å²) < 4.78 is 0. The Morgan fingerprint density at radius 1 is 0.786 bits per heavy atom. The maximum Gasteiger partial charge on any atom is 0.102 e. The van der Waals surface area contributed by atoms with E-state index in [1.807, 2.05) is 42.5 Å². The molecule has 0 radical (unpaired) electrons. The van der Waals surface area contributed by atoms with Crippen molar-refractivity contribution in [2.75, 3.05) is 0 Å². The van der Waals surface area contributed by atoms with Crippen molar-refractivity contribution in [1.82, 2.24) is 0 Å². The lowest BCUT2D eigenvalue weighted by atomic mass is 9.88. The molecule has 2 aromatic carbocycles. The topological polar surface area (TPSA) is 40.5 Å². The number of hydrogen-bond acceptors (Lipinski definition) is 2. The Bertz CT molecular complexity index is 786. The fraction of sp³-hybridized carbons (Fsp3) is 0.417. The predicted octanol–water partition coefficient (Wildman–Crippen LogP) is 7.44. The first-order chi connectivity index (χ1) is 13.5. The van der Waals surface area contributed by atoms with Crippen LogP contribution in [0.25, 0.3) is 0 Å². The van der Waals surface area contributed by atoms with Gasteiger partial charge in [-0.2, -0.15) is 0 Å². The zero-order chi connectivity index (χ0) is 20.5. The molecule has 0 heterocycles. The number of benzene rings is 2. The Balaban J connectivity index is 2.28. The highest BCUT2D eigenvalue weighted by Gasteiger charge is 2.20. The molecule has 0 aliphatic heterocycles. The Kier molecular flexibility index (Phi) is 9.53. The van der Waals surface area contributed by atoms with Crippen LogP contribution in [-0.4, -0.2) is 10.2 Å². The summed E-state index contributed by atoms with van der Waals surface area (Å²) in [5, 5.41) is 22.9. The Morgan fingerprint density at radius 2 is 1.32 bits per heavy atom. The molecule has 2 rings (SSSR count). The van der Waals surface area contributed by atoms with E-state index < -0.39 is 12.2 Å². The van der Waals surface area contributed by atoms with Crippen molar-refractivity contribution in [2.45, 2.75) is 64.6 Å². The van der Waals surface area contributed by atoms with Crippen LogP contribution in [0.15, 0.2) is 59.7 Å². The molecule has 0 saturated carbocycles. The van der Waals surface area contributed by atoms with Gasteiger partial charge in [0, 0.05) is 15.6 Å². The monoisotopic (exact) mass is 420 g/mol. The highest BCUT2D eigenvalue weighted by molar-refractivity contribution is 6.31. The standard InChI is InChI=1S/C24H30Cl2O2/c1-3-9-17(15-16-23(27)19-11-5-7-13-21(19)25)18(10-4-2)24(28)20-12-6-8-14-22(20)26/h5-8,11-14,23-24,27-28H,3-4,9-10,15-16H2,1-2H3/b18-17+. The summed E-state index contributed by atoms with van der Waals surface area (Å²) in [5.41, 5.74) is 3.74. The minimum absolute atomic E-state index is 0.571. The van der Waals surface area contributed by atoms with E-state index in [9.17, 15) is 10.2 Å². The van der Waals surface area contributed by atoms with Gasteiger partial charge >= 0.3 is 0 Å². The molecular weight excluding hydrogens is 391 g/mol. The van der Waals surface area contributed by atoms with Crippen LogP contribution in [-0.2, 0) is 0 Å². The van der Waals surface area contributed by atoms with Crippen molar-refractivity contribution in [3.05, 3.63) is 80.8 Å². The SMILES string of the molecule is CCC/C(CCC(O)c1ccccc1Cl)=C(/CCC)C(O)c1ccccc1Cl. The molecule has 2 nitrogen and oxygen atoms in total. The van der Waals surface area contributed by atoms with Crippen molar-refractivity contribution in [2.24, 2.45) is 0 Å². The first-order valence-corrected chi connectivity index (χ1v) is 10.8. The summed E-state index contributed by atoms with van der Waals surface area (Å²) in [6.07, 6.45) is 3.58. The first-order valence-electron chi connectivity index (χ1n) is 10.0. The molecule has 28 heavy (non-hydrogen) atoms. The number of halogens is 2. The quantitative estimate of drug-likeness (QED) is 0.392. The van der Waals surface area contributed by atoms with Gasteiger partial charge in [-0.15, -0.1) is 0 Å². The fourth-order valence-corrected chi connectivity index (χ4v) is 4.12. The lowest BCUT2D eigenvalue weighted by molar-refractivity contribution is 0.166.